The molecule has 0 saturated heterocycles. The van der Waals surface area contributed by atoms with Crippen LogP contribution in [-0.2, 0) is 9.47 Å². The Bertz CT molecular complexity index is 395. The largest absolute Gasteiger partial charge is 0.493 e. The molecule has 0 heterocycles. The maximum atomic E-state index is 5.65. The number of nitrogens with one attached hydrogen (secondary N) is 1. The van der Waals surface area contributed by atoms with Gasteiger partial charge in [0.1, 0.15) is 0 Å². The zero-order valence-electron chi connectivity index (χ0n) is 12.5. The molecule has 6 nitrogen and oxygen atoms in total. The Balaban J connectivity index is 3.03. The number of hydrogen-bond acceptors (Lipinski definition) is 6. The maximum Gasteiger partial charge on any atom is 0.178 e. The van der Waals surface area contributed by atoms with Gasteiger partial charge in [-0.05, 0) is 31.5 Å². The van der Waals surface area contributed by atoms with Crippen molar-refractivity contribution in [1.82, 2.24) is 5.43 Å². The van der Waals surface area contributed by atoms with Gasteiger partial charge in [0.25, 0.3) is 0 Å². The fourth-order valence-electron chi connectivity index (χ4n) is 1.95. The van der Waals surface area contributed by atoms with Crippen LogP contribution in [0.15, 0.2) is 18.2 Å². The molecule has 1 atom stereocenters. The first kappa shape index (κ1) is 16.7. The molecule has 6 heteroatoms. The Hall–Kier alpha value is -1.34. The molecular weight excluding hydrogens is 260 g/mol. The van der Waals surface area contributed by atoms with Crippen molar-refractivity contribution in [1.29, 1.82) is 0 Å². The van der Waals surface area contributed by atoms with Crippen molar-refractivity contribution in [3.8, 4) is 11.5 Å². The molecule has 1 aromatic carbocycles. The first-order valence-electron chi connectivity index (χ1n) is 6.63. The van der Waals surface area contributed by atoms with Crippen LogP contribution >= 0.6 is 0 Å². The van der Waals surface area contributed by atoms with Crippen LogP contribution in [0.1, 0.15) is 25.5 Å². The normalized spacial score (nSPS) is 12.5. The number of rotatable bonds is 9. The van der Waals surface area contributed by atoms with Crippen molar-refractivity contribution in [2.45, 2.75) is 26.2 Å². The SMILES string of the molecule is CCOC(OCC)C(NN)c1ccc(OC)c(OC)c1. The highest BCUT2D eigenvalue weighted by atomic mass is 16.7. The molecule has 114 valence electrons. The van der Waals surface area contributed by atoms with Crippen LogP contribution in [-0.4, -0.2) is 33.7 Å². The van der Waals surface area contributed by atoms with Crippen molar-refractivity contribution in [3.63, 3.8) is 0 Å². The summed E-state index contributed by atoms with van der Waals surface area (Å²) in [7, 11) is 3.19. The summed E-state index contributed by atoms with van der Waals surface area (Å²) in [6, 6.07) is 5.29. The van der Waals surface area contributed by atoms with Crippen molar-refractivity contribution >= 4 is 0 Å². The predicted octanol–water partition coefficient (Wildman–Crippen LogP) is 1.61. The smallest absolute Gasteiger partial charge is 0.178 e. The van der Waals surface area contributed by atoms with E-state index >= 15 is 0 Å². The Morgan fingerprint density at radius 2 is 1.65 bits per heavy atom. The second-order valence-electron chi connectivity index (χ2n) is 4.04. The lowest BCUT2D eigenvalue weighted by atomic mass is 10.1. The lowest BCUT2D eigenvalue weighted by Gasteiger charge is -2.26. The van der Waals surface area contributed by atoms with E-state index in [9.17, 15) is 0 Å². The minimum atomic E-state index is -0.465. The predicted molar refractivity (Wildman–Crippen MR) is 76.7 cm³/mol. The summed E-state index contributed by atoms with van der Waals surface area (Å²) in [5.74, 6) is 6.95. The topological polar surface area (TPSA) is 75.0 Å². The van der Waals surface area contributed by atoms with Gasteiger partial charge in [-0.2, -0.15) is 0 Å². The van der Waals surface area contributed by atoms with Crippen LogP contribution in [0.2, 0.25) is 0 Å². The summed E-state index contributed by atoms with van der Waals surface area (Å²) in [5, 5.41) is 0. The standard InChI is InChI=1S/C14H24N2O4/c1-5-19-14(20-6-2)13(16-15)10-7-8-11(17-3)12(9-10)18-4/h7-9,13-14,16H,5-6,15H2,1-4H3. The van der Waals surface area contributed by atoms with E-state index in [4.69, 9.17) is 24.8 Å². The van der Waals surface area contributed by atoms with E-state index < -0.39 is 6.29 Å². The minimum absolute atomic E-state index is 0.297. The average molecular weight is 284 g/mol. The Kier molecular flexibility index (Phi) is 7.32. The zero-order chi connectivity index (χ0) is 15.0. The third kappa shape index (κ3) is 4.08. The number of nitrogens with two attached hydrogens (primary N) is 1. The highest BCUT2D eigenvalue weighted by molar-refractivity contribution is 5.43. The molecule has 1 aromatic rings. The third-order valence-electron chi connectivity index (χ3n) is 2.88. The first-order chi connectivity index (χ1) is 9.71. The van der Waals surface area contributed by atoms with Gasteiger partial charge in [-0.1, -0.05) is 6.07 Å². The lowest BCUT2D eigenvalue weighted by molar-refractivity contribution is -0.155. The summed E-state index contributed by atoms with van der Waals surface area (Å²) in [6.07, 6.45) is -0.465. The summed E-state index contributed by atoms with van der Waals surface area (Å²) in [4.78, 5) is 0. The van der Waals surface area contributed by atoms with Crippen LogP contribution in [0.4, 0.5) is 0 Å². The van der Waals surface area contributed by atoms with Gasteiger partial charge >= 0.3 is 0 Å². The highest BCUT2D eigenvalue weighted by Gasteiger charge is 2.24. The van der Waals surface area contributed by atoms with E-state index in [1.54, 1.807) is 14.2 Å². The molecule has 0 aliphatic heterocycles. The molecule has 0 aliphatic rings. The van der Waals surface area contributed by atoms with Crippen molar-refractivity contribution in [2.75, 3.05) is 27.4 Å². The molecule has 0 amide bonds. The number of ether oxygens (including phenoxy) is 4. The molecule has 0 fully saturated rings. The number of benzene rings is 1. The van der Waals surface area contributed by atoms with E-state index in [1.807, 2.05) is 32.0 Å². The van der Waals surface area contributed by atoms with E-state index in [0.717, 1.165) is 5.56 Å². The van der Waals surface area contributed by atoms with Gasteiger partial charge in [-0.3, -0.25) is 5.84 Å². The highest BCUT2D eigenvalue weighted by Crippen LogP contribution is 2.31. The van der Waals surface area contributed by atoms with Crippen LogP contribution in [0.3, 0.4) is 0 Å². The maximum absolute atomic E-state index is 5.65. The van der Waals surface area contributed by atoms with Crippen molar-refractivity contribution in [3.05, 3.63) is 23.8 Å². The van der Waals surface area contributed by atoms with Gasteiger partial charge in [0.2, 0.25) is 0 Å². The van der Waals surface area contributed by atoms with Gasteiger partial charge < -0.3 is 18.9 Å². The molecule has 3 N–H and O–H groups in total. The van der Waals surface area contributed by atoms with E-state index in [2.05, 4.69) is 5.43 Å². The Morgan fingerprint density at radius 1 is 1.05 bits per heavy atom. The molecule has 1 unspecified atom stereocenters. The minimum Gasteiger partial charge on any atom is -0.493 e. The summed E-state index contributed by atoms with van der Waals surface area (Å²) in [5.41, 5.74) is 3.63. The molecule has 20 heavy (non-hydrogen) atoms. The Labute approximate surface area is 120 Å². The van der Waals surface area contributed by atoms with Crippen LogP contribution in [0, 0.1) is 0 Å². The second kappa shape index (κ2) is 8.76. The molecular formula is C14H24N2O4. The van der Waals surface area contributed by atoms with Crippen LogP contribution in [0.25, 0.3) is 0 Å². The van der Waals surface area contributed by atoms with E-state index in [0.29, 0.717) is 24.7 Å². The van der Waals surface area contributed by atoms with Crippen LogP contribution < -0.4 is 20.7 Å². The fourth-order valence-corrected chi connectivity index (χ4v) is 1.95. The quantitative estimate of drug-likeness (QED) is 0.408. The van der Waals surface area contributed by atoms with Gasteiger partial charge in [0, 0.05) is 13.2 Å². The zero-order valence-corrected chi connectivity index (χ0v) is 12.5. The van der Waals surface area contributed by atoms with Crippen molar-refractivity contribution in [2.24, 2.45) is 5.84 Å². The number of methoxy groups -OCH3 is 2. The second-order valence-corrected chi connectivity index (χ2v) is 4.04. The van der Waals surface area contributed by atoms with Gasteiger partial charge in [0.05, 0.1) is 20.3 Å². The summed E-state index contributed by atoms with van der Waals surface area (Å²) >= 11 is 0. The lowest BCUT2D eigenvalue weighted by Crippen LogP contribution is -2.39. The first-order valence-corrected chi connectivity index (χ1v) is 6.63. The molecule has 0 radical (unpaired) electrons. The van der Waals surface area contributed by atoms with Gasteiger partial charge in [0.15, 0.2) is 17.8 Å². The van der Waals surface area contributed by atoms with Crippen molar-refractivity contribution < 1.29 is 18.9 Å². The molecule has 0 bridgehead atoms. The third-order valence-corrected chi connectivity index (χ3v) is 2.88. The molecule has 1 rings (SSSR count). The van der Waals surface area contributed by atoms with E-state index in [-0.39, 0.29) is 6.04 Å². The summed E-state index contributed by atoms with van der Waals surface area (Å²) < 4.78 is 21.7. The van der Waals surface area contributed by atoms with Gasteiger partial charge in [-0.15, -0.1) is 0 Å². The molecule has 0 saturated carbocycles. The van der Waals surface area contributed by atoms with E-state index in [1.165, 1.54) is 0 Å². The molecule has 0 aliphatic carbocycles. The monoisotopic (exact) mass is 284 g/mol. The summed E-state index contributed by atoms with van der Waals surface area (Å²) in [6.45, 7) is 4.90. The fraction of sp³-hybridized carbons (Fsp3) is 0.571. The average Bonchev–Trinajstić information content (AvgIpc) is 2.48. The number of hydrazine groups is 1. The van der Waals surface area contributed by atoms with Crippen LogP contribution in [0.5, 0.6) is 11.5 Å². The number of hydrogen-bond donors (Lipinski definition) is 2. The Morgan fingerprint density at radius 3 is 2.10 bits per heavy atom. The molecule has 0 spiro atoms. The van der Waals surface area contributed by atoms with Gasteiger partial charge in [-0.25, -0.2) is 5.43 Å². The molecule has 0 aromatic heterocycles.